The molecule has 1 amide bonds. The molecule has 0 aliphatic rings. The number of amides is 1. The van der Waals surface area contributed by atoms with Gasteiger partial charge in [0.1, 0.15) is 12.3 Å². The van der Waals surface area contributed by atoms with Crippen LogP contribution < -0.4 is 15.0 Å². The molecule has 0 saturated heterocycles. The predicted octanol–water partition coefficient (Wildman–Crippen LogP) is 1.95. The largest absolute Gasteiger partial charge is 0.495 e. The van der Waals surface area contributed by atoms with E-state index in [1.807, 2.05) is 45.2 Å². The average molecular weight is 358 g/mol. The molecule has 138 valence electrons. The van der Waals surface area contributed by atoms with Crippen molar-refractivity contribution in [2.45, 2.75) is 26.4 Å². The van der Waals surface area contributed by atoms with Crippen LogP contribution in [-0.4, -0.2) is 31.0 Å². The van der Waals surface area contributed by atoms with Crippen LogP contribution >= 0.6 is 0 Å². The first kappa shape index (κ1) is 19.4. The maximum absolute atomic E-state index is 12.6. The van der Waals surface area contributed by atoms with Crippen LogP contribution in [-0.2, 0) is 11.3 Å². The van der Waals surface area contributed by atoms with E-state index < -0.39 is 4.92 Å². The average Bonchev–Trinajstić information content (AvgIpc) is 2.62. The number of non-ortho nitro benzene ring substituents is 1. The molecule has 2 N–H and O–H groups in total. The van der Waals surface area contributed by atoms with E-state index in [-0.39, 0.29) is 17.6 Å². The van der Waals surface area contributed by atoms with Gasteiger partial charge >= 0.3 is 0 Å². The number of carbonyl (C=O) groups is 1. The molecule has 1 unspecified atom stereocenters. The molecule has 0 bridgehead atoms. The van der Waals surface area contributed by atoms with Crippen molar-refractivity contribution < 1.29 is 19.4 Å². The fraction of sp³-hybridized carbons (Fsp3) is 0.316. The van der Waals surface area contributed by atoms with Gasteiger partial charge in [-0.1, -0.05) is 24.3 Å². The molecule has 0 aromatic heterocycles. The molecule has 0 aliphatic carbocycles. The lowest BCUT2D eigenvalue weighted by molar-refractivity contribution is -0.907. The highest BCUT2D eigenvalue weighted by molar-refractivity contribution is 5.95. The summed E-state index contributed by atoms with van der Waals surface area (Å²) in [5.41, 5.74) is 2.55. The molecule has 2 aromatic carbocycles. The number of nitrogens with one attached hydrogen (secondary N) is 2. The minimum Gasteiger partial charge on any atom is -0.495 e. The zero-order valence-electron chi connectivity index (χ0n) is 15.4. The van der Waals surface area contributed by atoms with Crippen molar-refractivity contribution in [1.29, 1.82) is 0 Å². The lowest BCUT2D eigenvalue weighted by atomic mass is 10.1. The molecule has 0 radical (unpaired) electrons. The number of quaternary nitrogens is 1. The third-order valence-corrected chi connectivity index (χ3v) is 4.51. The van der Waals surface area contributed by atoms with Crippen LogP contribution in [0.2, 0.25) is 0 Å². The molecule has 2 aromatic rings. The van der Waals surface area contributed by atoms with Gasteiger partial charge in [0, 0.05) is 17.7 Å². The summed E-state index contributed by atoms with van der Waals surface area (Å²) in [6, 6.07) is 11.8. The summed E-state index contributed by atoms with van der Waals surface area (Å²) in [5, 5.41) is 13.7. The van der Waals surface area contributed by atoms with Gasteiger partial charge < -0.3 is 15.0 Å². The number of benzene rings is 2. The van der Waals surface area contributed by atoms with Crippen LogP contribution in [0.1, 0.15) is 18.1 Å². The summed E-state index contributed by atoms with van der Waals surface area (Å²) in [4.78, 5) is 24.1. The SMILES string of the molecule is COc1ccc([N+](=O)[O-])cc1NC(=O)[C@H](C)[NH+](C)Cc1ccccc1C. The summed E-state index contributed by atoms with van der Waals surface area (Å²) in [7, 11) is 3.40. The molecule has 7 heteroatoms. The molecule has 2 atom stereocenters. The number of anilines is 1. The van der Waals surface area contributed by atoms with E-state index in [0.717, 1.165) is 4.90 Å². The summed E-state index contributed by atoms with van der Waals surface area (Å²) < 4.78 is 5.19. The van der Waals surface area contributed by atoms with Crippen molar-refractivity contribution in [3.05, 3.63) is 63.7 Å². The van der Waals surface area contributed by atoms with Gasteiger partial charge in [-0.2, -0.15) is 0 Å². The highest BCUT2D eigenvalue weighted by Crippen LogP contribution is 2.28. The number of carbonyl (C=O) groups excluding carboxylic acids is 1. The van der Waals surface area contributed by atoms with Gasteiger partial charge in [0.15, 0.2) is 6.04 Å². The number of rotatable bonds is 7. The number of aryl methyl sites for hydroxylation is 1. The molecule has 26 heavy (non-hydrogen) atoms. The van der Waals surface area contributed by atoms with E-state index in [4.69, 9.17) is 4.74 Å². The topological polar surface area (TPSA) is 85.9 Å². The van der Waals surface area contributed by atoms with Crippen LogP contribution in [0.25, 0.3) is 0 Å². The second kappa shape index (κ2) is 8.44. The number of hydrogen-bond acceptors (Lipinski definition) is 4. The molecule has 0 spiro atoms. The number of methoxy groups -OCH3 is 1. The van der Waals surface area contributed by atoms with Gasteiger partial charge in [0.25, 0.3) is 11.6 Å². The van der Waals surface area contributed by atoms with Crippen LogP contribution in [0.4, 0.5) is 11.4 Å². The Morgan fingerprint density at radius 2 is 2.00 bits per heavy atom. The van der Waals surface area contributed by atoms with Gasteiger partial charge in [-0.05, 0) is 25.5 Å². The Labute approximate surface area is 152 Å². The summed E-state index contributed by atoms with van der Waals surface area (Å²) in [5.74, 6) is 0.155. The number of nitro groups is 1. The first-order chi connectivity index (χ1) is 12.3. The van der Waals surface area contributed by atoms with E-state index >= 15 is 0 Å². The lowest BCUT2D eigenvalue weighted by Crippen LogP contribution is -3.12. The maximum Gasteiger partial charge on any atom is 0.282 e. The monoisotopic (exact) mass is 358 g/mol. The number of nitro benzene ring substituents is 1. The minimum atomic E-state index is -0.506. The Hall–Kier alpha value is -2.93. The molecule has 0 saturated carbocycles. The van der Waals surface area contributed by atoms with E-state index in [1.54, 1.807) is 0 Å². The first-order valence-corrected chi connectivity index (χ1v) is 8.33. The molecular weight excluding hydrogens is 334 g/mol. The van der Waals surface area contributed by atoms with Crippen LogP contribution in [0, 0.1) is 17.0 Å². The van der Waals surface area contributed by atoms with Crippen LogP contribution in [0.15, 0.2) is 42.5 Å². The van der Waals surface area contributed by atoms with E-state index in [2.05, 4.69) is 5.32 Å². The number of likely N-dealkylation sites (N-methyl/N-ethyl adjacent to an activating group) is 1. The third kappa shape index (κ3) is 4.58. The zero-order chi connectivity index (χ0) is 19.3. The van der Waals surface area contributed by atoms with Crippen molar-refractivity contribution in [2.75, 3.05) is 19.5 Å². The summed E-state index contributed by atoms with van der Waals surface area (Å²) in [6.07, 6.45) is 0. The predicted molar refractivity (Wildman–Crippen MR) is 99.5 cm³/mol. The lowest BCUT2D eigenvalue weighted by Gasteiger charge is -2.22. The fourth-order valence-electron chi connectivity index (χ4n) is 2.63. The highest BCUT2D eigenvalue weighted by atomic mass is 16.6. The van der Waals surface area contributed by atoms with Crippen LogP contribution in [0.3, 0.4) is 0 Å². The Morgan fingerprint density at radius 3 is 2.62 bits per heavy atom. The normalized spacial score (nSPS) is 12.9. The Bertz CT molecular complexity index is 807. The zero-order valence-corrected chi connectivity index (χ0v) is 15.4. The van der Waals surface area contributed by atoms with Gasteiger partial charge in [0.05, 0.1) is 24.8 Å². The fourth-order valence-corrected chi connectivity index (χ4v) is 2.63. The Kier molecular flexibility index (Phi) is 6.30. The maximum atomic E-state index is 12.6. The van der Waals surface area contributed by atoms with Gasteiger partial charge in [-0.3, -0.25) is 14.9 Å². The standard InChI is InChI=1S/C19H23N3O4/c1-13-7-5-6-8-15(13)12-21(3)14(2)19(23)20-17-11-16(22(24)25)9-10-18(17)26-4/h5-11,14H,12H2,1-4H3,(H,20,23)/p+1/t14-/m0/s1. The van der Waals surface area contributed by atoms with Crippen LogP contribution in [0.5, 0.6) is 5.75 Å². The number of nitrogens with zero attached hydrogens (tertiary/aromatic N) is 1. The molecule has 0 aliphatic heterocycles. The Balaban J connectivity index is 2.12. The second-order valence-corrected chi connectivity index (χ2v) is 6.30. The molecule has 0 fully saturated rings. The van der Waals surface area contributed by atoms with Crippen molar-refractivity contribution in [3.63, 3.8) is 0 Å². The van der Waals surface area contributed by atoms with E-state index in [1.165, 1.54) is 36.4 Å². The van der Waals surface area contributed by atoms with E-state index in [0.29, 0.717) is 18.0 Å². The summed E-state index contributed by atoms with van der Waals surface area (Å²) >= 11 is 0. The molecular formula is C19H24N3O4+. The molecule has 7 nitrogen and oxygen atoms in total. The second-order valence-electron chi connectivity index (χ2n) is 6.30. The van der Waals surface area contributed by atoms with Crippen molar-refractivity contribution in [1.82, 2.24) is 0 Å². The van der Waals surface area contributed by atoms with Gasteiger partial charge in [-0.15, -0.1) is 0 Å². The number of ether oxygens (including phenoxy) is 1. The highest BCUT2D eigenvalue weighted by Gasteiger charge is 2.24. The number of hydrogen-bond donors (Lipinski definition) is 2. The Morgan fingerprint density at radius 1 is 1.31 bits per heavy atom. The van der Waals surface area contributed by atoms with Crippen molar-refractivity contribution >= 4 is 17.3 Å². The minimum absolute atomic E-state index is 0.102. The van der Waals surface area contributed by atoms with Gasteiger partial charge in [0.2, 0.25) is 0 Å². The first-order valence-electron chi connectivity index (χ1n) is 8.33. The van der Waals surface area contributed by atoms with E-state index in [9.17, 15) is 14.9 Å². The molecule has 0 heterocycles. The third-order valence-electron chi connectivity index (χ3n) is 4.51. The summed E-state index contributed by atoms with van der Waals surface area (Å²) in [6.45, 7) is 4.57. The van der Waals surface area contributed by atoms with Crippen molar-refractivity contribution in [3.8, 4) is 5.75 Å². The quantitative estimate of drug-likeness (QED) is 0.585. The smallest absolute Gasteiger partial charge is 0.282 e. The van der Waals surface area contributed by atoms with Crippen molar-refractivity contribution in [2.24, 2.45) is 0 Å². The molecule has 2 rings (SSSR count). The van der Waals surface area contributed by atoms with Gasteiger partial charge in [-0.25, -0.2) is 0 Å².